The molecule has 2 fully saturated rings. The monoisotopic (exact) mass is 350 g/mol. The maximum Gasteiger partial charge on any atom is 0.263 e. The molecule has 26 heavy (non-hydrogen) atoms. The van der Waals surface area contributed by atoms with Gasteiger partial charge in [-0.1, -0.05) is 67.6 Å². The van der Waals surface area contributed by atoms with E-state index in [1.807, 2.05) is 65.6 Å². The molecule has 1 saturated heterocycles. The second kappa shape index (κ2) is 6.86. The van der Waals surface area contributed by atoms with Crippen LogP contribution in [0.1, 0.15) is 18.1 Å². The van der Waals surface area contributed by atoms with Crippen LogP contribution in [-0.2, 0) is 10.4 Å². The van der Waals surface area contributed by atoms with Crippen LogP contribution in [-0.4, -0.2) is 42.1 Å². The topological polar surface area (TPSA) is 52.6 Å². The number of rotatable bonds is 6. The average molecular weight is 350 g/mol. The standard InChI is InChI=1S/C22H26N2O2/c1-2-23-13-18-19-14-24(15-20(18)19)21(25)22(26,16-9-5-3-6-10-16)17-11-7-4-8-12-17/h3-12,18-20,23,26H,2,13-15H2,1H3. The molecular formula is C22H26N2O2. The molecule has 0 aromatic heterocycles. The first-order valence-electron chi connectivity index (χ1n) is 9.49. The van der Waals surface area contributed by atoms with Crippen molar-refractivity contribution in [2.24, 2.45) is 17.8 Å². The van der Waals surface area contributed by atoms with Gasteiger partial charge in [0.1, 0.15) is 0 Å². The third-order valence-electron chi connectivity index (χ3n) is 5.98. The van der Waals surface area contributed by atoms with Crippen LogP contribution in [0.4, 0.5) is 0 Å². The first-order valence-corrected chi connectivity index (χ1v) is 9.49. The zero-order valence-electron chi connectivity index (χ0n) is 15.1. The first kappa shape index (κ1) is 17.3. The van der Waals surface area contributed by atoms with Crippen molar-refractivity contribution in [2.75, 3.05) is 26.2 Å². The minimum absolute atomic E-state index is 0.204. The van der Waals surface area contributed by atoms with Crippen LogP contribution in [0.15, 0.2) is 60.7 Å². The summed E-state index contributed by atoms with van der Waals surface area (Å²) in [6.07, 6.45) is 0. The highest BCUT2D eigenvalue weighted by molar-refractivity contribution is 5.90. The average Bonchev–Trinajstić information content (AvgIpc) is 3.15. The highest BCUT2D eigenvalue weighted by atomic mass is 16.3. The number of fused-ring (bicyclic) bond motifs is 1. The summed E-state index contributed by atoms with van der Waals surface area (Å²) in [6.45, 7) is 5.65. The fraction of sp³-hybridized carbons (Fsp3) is 0.409. The van der Waals surface area contributed by atoms with Crippen LogP contribution in [0.25, 0.3) is 0 Å². The van der Waals surface area contributed by atoms with Crippen molar-refractivity contribution < 1.29 is 9.90 Å². The molecule has 2 N–H and O–H groups in total. The Hall–Kier alpha value is -2.17. The number of hydrogen-bond acceptors (Lipinski definition) is 3. The number of nitrogens with one attached hydrogen (secondary N) is 1. The van der Waals surface area contributed by atoms with E-state index in [1.54, 1.807) is 0 Å². The number of amides is 1. The van der Waals surface area contributed by atoms with Gasteiger partial charge in [-0.05, 0) is 42.0 Å². The molecule has 1 amide bonds. The third-order valence-corrected chi connectivity index (χ3v) is 5.98. The lowest BCUT2D eigenvalue weighted by atomic mass is 9.85. The van der Waals surface area contributed by atoms with Crippen molar-refractivity contribution in [3.63, 3.8) is 0 Å². The van der Waals surface area contributed by atoms with E-state index in [0.717, 1.165) is 26.2 Å². The summed E-state index contributed by atoms with van der Waals surface area (Å²) in [6, 6.07) is 18.6. The van der Waals surface area contributed by atoms with Gasteiger partial charge in [0.25, 0.3) is 5.91 Å². The van der Waals surface area contributed by atoms with Crippen molar-refractivity contribution in [1.29, 1.82) is 0 Å². The van der Waals surface area contributed by atoms with Gasteiger partial charge < -0.3 is 15.3 Å². The summed E-state index contributed by atoms with van der Waals surface area (Å²) in [5.74, 6) is 1.63. The Morgan fingerprint density at radius 2 is 1.54 bits per heavy atom. The van der Waals surface area contributed by atoms with Crippen molar-refractivity contribution in [1.82, 2.24) is 10.2 Å². The molecule has 0 bridgehead atoms. The molecule has 4 heteroatoms. The van der Waals surface area contributed by atoms with Gasteiger partial charge in [-0.25, -0.2) is 0 Å². The van der Waals surface area contributed by atoms with Gasteiger partial charge in [0, 0.05) is 13.1 Å². The normalized spacial score (nSPS) is 24.4. The SMILES string of the molecule is CCNCC1C2CN(C(=O)C(O)(c3ccccc3)c3ccccc3)CC12. The van der Waals surface area contributed by atoms with E-state index >= 15 is 0 Å². The number of carbonyl (C=O) groups excluding carboxylic acids is 1. The molecule has 1 aliphatic heterocycles. The Morgan fingerprint density at radius 3 is 2.00 bits per heavy atom. The Balaban J connectivity index is 1.58. The summed E-state index contributed by atoms with van der Waals surface area (Å²) in [5, 5.41) is 15.0. The van der Waals surface area contributed by atoms with E-state index in [4.69, 9.17) is 0 Å². The highest BCUT2D eigenvalue weighted by Gasteiger charge is 2.58. The lowest BCUT2D eigenvalue weighted by Crippen LogP contribution is -2.48. The summed E-state index contributed by atoms with van der Waals surface area (Å²) in [5.41, 5.74) is -0.377. The summed E-state index contributed by atoms with van der Waals surface area (Å²) < 4.78 is 0. The fourth-order valence-electron chi connectivity index (χ4n) is 4.43. The first-order chi connectivity index (χ1) is 12.7. The molecule has 2 unspecified atom stereocenters. The highest BCUT2D eigenvalue weighted by Crippen LogP contribution is 2.52. The van der Waals surface area contributed by atoms with Crippen molar-refractivity contribution in [2.45, 2.75) is 12.5 Å². The van der Waals surface area contributed by atoms with E-state index in [1.165, 1.54) is 0 Å². The van der Waals surface area contributed by atoms with Crippen LogP contribution >= 0.6 is 0 Å². The summed E-state index contributed by atoms with van der Waals surface area (Å²) in [4.78, 5) is 15.3. The number of hydrogen-bond donors (Lipinski definition) is 2. The molecule has 2 atom stereocenters. The fourth-order valence-corrected chi connectivity index (χ4v) is 4.43. The van der Waals surface area contributed by atoms with Gasteiger partial charge in [0.15, 0.2) is 5.60 Å². The van der Waals surface area contributed by atoms with Gasteiger partial charge in [0.2, 0.25) is 0 Å². The molecule has 4 rings (SSSR count). The van der Waals surface area contributed by atoms with Crippen LogP contribution < -0.4 is 5.32 Å². The molecule has 4 nitrogen and oxygen atoms in total. The number of nitrogens with zero attached hydrogens (tertiary/aromatic N) is 1. The molecule has 1 aliphatic carbocycles. The second-order valence-corrected chi connectivity index (χ2v) is 7.45. The van der Waals surface area contributed by atoms with Crippen molar-refractivity contribution in [3.8, 4) is 0 Å². The second-order valence-electron chi connectivity index (χ2n) is 7.45. The van der Waals surface area contributed by atoms with Crippen LogP contribution in [0.2, 0.25) is 0 Å². The predicted molar refractivity (Wildman–Crippen MR) is 101 cm³/mol. The van der Waals surface area contributed by atoms with E-state index in [0.29, 0.717) is 28.9 Å². The van der Waals surface area contributed by atoms with E-state index < -0.39 is 5.60 Å². The van der Waals surface area contributed by atoms with Crippen molar-refractivity contribution in [3.05, 3.63) is 71.8 Å². The third kappa shape index (κ3) is 2.83. The molecule has 2 aromatic carbocycles. The lowest BCUT2D eigenvalue weighted by molar-refractivity contribution is -0.147. The smallest absolute Gasteiger partial charge is 0.263 e. The molecule has 136 valence electrons. The quantitative estimate of drug-likeness (QED) is 0.840. The van der Waals surface area contributed by atoms with Crippen LogP contribution in [0.5, 0.6) is 0 Å². The maximum atomic E-state index is 13.4. The number of piperidine rings is 1. The van der Waals surface area contributed by atoms with Gasteiger partial charge in [-0.15, -0.1) is 0 Å². The summed E-state index contributed by atoms with van der Waals surface area (Å²) in [7, 11) is 0. The van der Waals surface area contributed by atoms with E-state index in [-0.39, 0.29) is 5.91 Å². The number of benzene rings is 2. The van der Waals surface area contributed by atoms with Gasteiger partial charge >= 0.3 is 0 Å². The van der Waals surface area contributed by atoms with Crippen LogP contribution in [0, 0.1) is 17.8 Å². The minimum atomic E-state index is -1.63. The number of aliphatic hydroxyl groups is 1. The Labute approximate surface area is 154 Å². The van der Waals surface area contributed by atoms with Gasteiger partial charge in [-0.2, -0.15) is 0 Å². The minimum Gasteiger partial charge on any atom is -0.372 e. The van der Waals surface area contributed by atoms with E-state index in [9.17, 15) is 9.90 Å². The lowest BCUT2D eigenvalue weighted by Gasteiger charge is -2.33. The molecule has 0 radical (unpaired) electrons. The Bertz CT molecular complexity index is 711. The molecule has 1 heterocycles. The van der Waals surface area contributed by atoms with Crippen LogP contribution in [0.3, 0.4) is 0 Å². The molecular weight excluding hydrogens is 324 g/mol. The van der Waals surface area contributed by atoms with E-state index in [2.05, 4.69) is 12.2 Å². The van der Waals surface area contributed by atoms with Crippen molar-refractivity contribution >= 4 is 5.91 Å². The number of carbonyl (C=O) groups is 1. The molecule has 1 saturated carbocycles. The maximum absolute atomic E-state index is 13.4. The van der Waals surface area contributed by atoms with Gasteiger partial charge in [0.05, 0.1) is 0 Å². The molecule has 2 aromatic rings. The summed E-state index contributed by atoms with van der Waals surface area (Å²) >= 11 is 0. The molecule has 0 spiro atoms. The number of likely N-dealkylation sites (tertiary alicyclic amines) is 1. The molecule has 2 aliphatic rings. The zero-order valence-corrected chi connectivity index (χ0v) is 15.1. The Morgan fingerprint density at radius 1 is 1.04 bits per heavy atom. The zero-order chi connectivity index (χ0) is 18.1. The predicted octanol–water partition coefficient (Wildman–Crippen LogP) is 2.24. The largest absolute Gasteiger partial charge is 0.372 e. The van der Waals surface area contributed by atoms with Gasteiger partial charge in [-0.3, -0.25) is 4.79 Å². The Kier molecular flexibility index (Phi) is 4.55.